The van der Waals surface area contributed by atoms with Gasteiger partial charge < -0.3 is 10.2 Å². The molecule has 0 aliphatic carbocycles. The van der Waals surface area contributed by atoms with E-state index in [4.69, 9.17) is 0 Å². The summed E-state index contributed by atoms with van der Waals surface area (Å²) in [6.45, 7) is 0.894. The first-order valence-electron chi connectivity index (χ1n) is 9.68. The number of benzene rings is 2. The fourth-order valence-corrected chi connectivity index (χ4v) is 4.13. The lowest BCUT2D eigenvalue weighted by Gasteiger charge is -2.22. The van der Waals surface area contributed by atoms with Crippen molar-refractivity contribution in [3.63, 3.8) is 0 Å². The van der Waals surface area contributed by atoms with Crippen molar-refractivity contribution in [2.24, 2.45) is 0 Å². The molecule has 10 heteroatoms. The van der Waals surface area contributed by atoms with Crippen LogP contribution in [-0.2, 0) is 32.7 Å². The lowest BCUT2D eigenvalue weighted by Crippen LogP contribution is -2.40. The maximum absolute atomic E-state index is 13.5. The first kappa shape index (κ1) is 22.7. The molecule has 0 unspecified atom stereocenters. The Hall–Kier alpha value is -3.01. The average Bonchev–Trinajstić information content (AvgIpc) is 3.11. The number of amides is 2. The highest BCUT2D eigenvalue weighted by Gasteiger charge is 2.22. The van der Waals surface area contributed by atoms with Crippen molar-refractivity contribution in [1.82, 2.24) is 10.2 Å². The van der Waals surface area contributed by atoms with Crippen molar-refractivity contribution < 1.29 is 26.8 Å². The first-order valence-corrected chi connectivity index (χ1v) is 11.5. The van der Waals surface area contributed by atoms with Crippen LogP contribution in [0.2, 0.25) is 0 Å². The van der Waals surface area contributed by atoms with Crippen LogP contribution in [0.15, 0.2) is 42.5 Å². The molecular weight excluding hydrogens is 428 g/mol. The molecular formula is C21H23F2N3O4S. The van der Waals surface area contributed by atoms with Crippen molar-refractivity contribution >= 4 is 27.5 Å². The van der Waals surface area contributed by atoms with Crippen LogP contribution < -0.4 is 9.62 Å². The van der Waals surface area contributed by atoms with E-state index in [0.29, 0.717) is 17.3 Å². The second kappa shape index (κ2) is 9.42. The van der Waals surface area contributed by atoms with Crippen molar-refractivity contribution in [2.75, 3.05) is 23.7 Å². The molecule has 0 saturated carbocycles. The number of sulfonamides is 1. The number of hydrogen-bond donors (Lipinski definition) is 1. The number of halogens is 2. The van der Waals surface area contributed by atoms with Gasteiger partial charge in [-0.05, 0) is 29.7 Å². The molecule has 1 saturated heterocycles. The Morgan fingerprint density at radius 2 is 1.77 bits per heavy atom. The highest BCUT2D eigenvalue weighted by molar-refractivity contribution is 7.92. The minimum Gasteiger partial charge on any atom is -0.350 e. The molecule has 2 amide bonds. The molecule has 0 spiro atoms. The predicted octanol–water partition coefficient (Wildman–Crippen LogP) is 2.17. The van der Waals surface area contributed by atoms with Gasteiger partial charge in [-0.3, -0.25) is 13.9 Å². The van der Waals surface area contributed by atoms with Crippen molar-refractivity contribution in [1.29, 1.82) is 0 Å². The Labute approximate surface area is 179 Å². The van der Waals surface area contributed by atoms with Gasteiger partial charge >= 0.3 is 0 Å². The van der Waals surface area contributed by atoms with Gasteiger partial charge in [0.2, 0.25) is 21.8 Å². The fourth-order valence-electron chi connectivity index (χ4n) is 3.28. The largest absolute Gasteiger partial charge is 0.350 e. The topological polar surface area (TPSA) is 86.8 Å². The number of nitrogens with one attached hydrogen (secondary N) is 1. The molecule has 166 valence electrons. The zero-order valence-electron chi connectivity index (χ0n) is 17.0. The first-order chi connectivity index (χ1) is 14.6. The van der Waals surface area contributed by atoms with Gasteiger partial charge in [-0.15, -0.1) is 0 Å². The van der Waals surface area contributed by atoms with E-state index < -0.39 is 34.1 Å². The summed E-state index contributed by atoms with van der Waals surface area (Å²) >= 11 is 0. The summed E-state index contributed by atoms with van der Waals surface area (Å²) in [5, 5.41) is 2.62. The summed E-state index contributed by atoms with van der Waals surface area (Å²) in [6, 6.07) is 10.0. The Balaban J connectivity index is 1.58. The van der Waals surface area contributed by atoms with Crippen LogP contribution >= 0.6 is 0 Å². The molecule has 1 aliphatic heterocycles. The van der Waals surface area contributed by atoms with Gasteiger partial charge in [-0.1, -0.05) is 24.3 Å². The number of rotatable bonds is 8. The van der Waals surface area contributed by atoms with Crippen molar-refractivity contribution in [3.8, 4) is 0 Å². The molecule has 1 N–H and O–H groups in total. The zero-order valence-corrected chi connectivity index (χ0v) is 17.8. The van der Waals surface area contributed by atoms with Crippen LogP contribution in [0.1, 0.15) is 24.0 Å². The van der Waals surface area contributed by atoms with Crippen LogP contribution in [0.25, 0.3) is 0 Å². The molecule has 3 rings (SSSR count). The smallest absolute Gasteiger partial charge is 0.241 e. The quantitative estimate of drug-likeness (QED) is 0.667. The minimum absolute atomic E-state index is 0.141. The van der Waals surface area contributed by atoms with E-state index in [2.05, 4.69) is 5.32 Å². The molecule has 1 aliphatic rings. The third kappa shape index (κ3) is 6.00. The number of hydrogen-bond acceptors (Lipinski definition) is 4. The summed E-state index contributed by atoms with van der Waals surface area (Å²) in [5.74, 6) is -2.77. The van der Waals surface area contributed by atoms with E-state index in [1.165, 1.54) is 0 Å². The van der Waals surface area contributed by atoms with E-state index in [9.17, 15) is 26.8 Å². The molecule has 7 nitrogen and oxygen atoms in total. The fraction of sp³-hybridized carbons (Fsp3) is 0.333. The van der Waals surface area contributed by atoms with E-state index in [1.54, 1.807) is 4.90 Å². The van der Waals surface area contributed by atoms with E-state index in [1.807, 2.05) is 24.3 Å². The maximum atomic E-state index is 13.5. The number of anilines is 1. The molecule has 2 aromatic carbocycles. The van der Waals surface area contributed by atoms with Crippen LogP contribution in [0.3, 0.4) is 0 Å². The van der Waals surface area contributed by atoms with Crippen molar-refractivity contribution in [2.45, 2.75) is 25.9 Å². The van der Waals surface area contributed by atoms with Crippen molar-refractivity contribution in [3.05, 3.63) is 65.2 Å². The summed E-state index contributed by atoms with van der Waals surface area (Å²) in [6.07, 6.45) is 2.34. The average molecular weight is 451 g/mol. The number of nitrogens with zero attached hydrogens (tertiary/aromatic N) is 2. The molecule has 0 atom stereocenters. The molecule has 0 bridgehead atoms. The molecule has 0 aromatic heterocycles. The SMILES string of the molecule is CS(=O)(=O)N(CC(=O)NCc1ccc(CN2CCCC2=O)cc1)c1ccc(F)c(F)c1. The van der Waals surface area contributed by atoms with Gasteiger partial charge in [-0.2, -0.15) is 0 Å². The number of carbonyl (C=O) groups is 2. The Morgan fingerprint density at radius 3 is 2.35 bits per heavy atom. The van der Waals surface area contributed by atoms with Gasteiger partial charge in [0.25, 0.3) is 0 Å². The standard InChI is InChI=1S/C21H23F2N3O4S/c1-31(29,30)26(17-8-9-18(22)19(23)11-17)14-20(27)24-12-15-4-6-16(7-5-15)13-25-10-2-3-21(25)28/h4-9,11H,2-3,10,12-14H2,1H3,(H,24,27). The van der Waals surface area contributed by atoms with Crippen LogP contribution in [0.5, 0.6) is 0 Å². The van der Waals surface area contributed by atoms with Crippen LogP contribution in [0.4, 0.5) is 14.5 Å². The minimum atomic E-state index is -3.90. The highest BCUT2D eigenvalue weighted by atomic mass is 32.2. The molecule has 0 radical (unpaired) electrons. The van der Waals surface area contributed by atoms with Gasteiger partial charge in [0.05, 0.1) is 11.9 Å². The van der Waals surface area contributed by atoms with Gasteiger partial charge in [0.15, 0.2) is 11.6 Å². The van der Waals surface area contributed by atoms with E-state index in [0.717, 1.165) is 48.5 Å². The summed E-state index contributed by atoms with van der Waals surface area (Å²) < 4.78 is 51.4. The Kier molecular flexibility index (Phi) is 6.89. The van der Waals surface area contributed by atoms with Gasteiger partial charge in [0.1, 0.15) is 6.54 Å². The van der Waals surface area contributed by atoms with Crippen LogP contribution in [-0.4, -0.2) is 44.5 Å². The van der Waals surface area contributed by atoms with Gasteiger partial charge in [-0.25, -0.2) is 17.2 Å². The summed E-state index contributed by atoms with van der Waals surface area (Å²) in [7, 11) is -3.90. The Bertz CT molecular complexity index is 1070. The van der Waals surface area contributed by atoms with E-state index >= 15 is 0 Å². The molecule has 1 heterocycles. The molecule has 1 fully saturated rings. The summed E-state index contributed by atoms with van der Waals surface area (Å²) in [4.78, 5) is 25.8. The Morgan fingerprint density at radius 1 is 1.10 bits per heavy atom. The lowest BCUT2D eigenvalue weighted by molar-refractivity contribution is -0.128. The lowest BCUT2D eigenvalue weighted by atomic mass is 10.1. The third-order valence-electron chi connectivity index (χ3n) is 4.94. The molecule has 31 heavy (non-hydrogen) atoms. The molecule has 2 aromatic rings. The second-order valence-corrected chi connectivity index (χ2v) is 9.29. The number of likely N-dealkylation sites (tertiary alicyclic amines) is 1. The predicted molar refractivity (Wildman–Crippen MR) is 111 cm³/mol. The third-order valence-corrected chi connectivity index (χ3v) is 6.08. The second-order valence-electron chi connectivity index (χ2n) is 7.38. The zero-order chi connectivity index (χ0) is 22.6. The normalized spacial score (nSPS) is 14.0. The highest BCUT2D eigenvalue weighted by Crippen LogP contribution is 2.20. The number of carbonyl (C=O) groups excluding carboxylic acids is 2. The summed E-state index contributed by atoms with van der Waals surface area (Å²) in [5.41, 5.74) is 1.63. The monoisotopic (exact) mass is 451 g/mol. The van der Waals surface area contributed by atoms with E-state index in [-0.39, 0.29) is 18.1 Å². The maximum Gasteiger partial charge on any atom is 0.241 e. The van der Waals surface area contributed by atoms with Gasteiger partial charge in [0, 0.05) is 32.1 Å². The van der Waals surface area contributed by atoms with Crippen LogP contribution in [0, 0.1) is 11.6 Å².